The second kappa shape index (κ2) is 7.64. The van der Waals surface area contributed by atoms with Gasteiger partial charge in [-0.2, -0.15) is 0 Å². The van der Waals surface area contributed by atoms with Crippen molar-refractivity contribution < 1.29 is 0 Å². The maximum Gasteiger partial charge on any atom is 0.128 e. The number of hydrogen-bond donors (Lipinski definition) is 1. The third-order valence-corrected chi connectivity index (χ3v) is 4.70. The number of hydrogen-bond acceptors (Lipinski definition) is 4. The van der Waals surface area contributed by atoms with Gasteiger partial charge in [0.25, 0.3) is 0 Å². The second-order valence-corrected chi connectivity index (χ2v) is 6.15. The molecule has 0 bridgehead atoms. The summed E-state index contributed by atoms with van der Waals surface area (Å²) in [6, 6.07) is 4.79. The average Bonchev–Trinajstić information content (AvgIpc) is 2.51. The van der Waals surface area contributed by atoms with E-state index in [1.54, 1.807) is 0 Å². The topological polar surface area (TPSA) is 31.4 Å². The smallest absolute Gasteiger partial charge is 0.128 e. The Bertz CT molecular complexity index is 405. The van der Waals surface area contributed by atoms with Crippen LogP contribution >= 0.6 is 0 Å². The Morgan fingerprint density at radius 1 is 1.29 bits per heavy atom. The van der Waals surface area contributed by atoms with Gasteiger partial charge in [0.1, 0.15) is 5.82 Å². The number of aromatic nitrogens is 1. The quantitative estimate of drug-likeness (QED) is 0.872. The van der Waals surface area contributed by atoms with E-state index >= 15 is 0 Å². The monoisotopic (exact) mass is 290 g/mol. The number of anilines is 2. The molecule has 0 amide bonds. The number of rotatable bonds is 6. The van der Waals surface area contributed by atoms with Gasteiger partial charge in [-0.1, -0.05) is 0 Å². The van der Waals surface area contributed by atoms with Crippen molar-refractivity contribution >= 4 is 11.5 Å². The number of piperidine rings is 1. The molecule has 1 aromatic rings. The fourth-order valence-electron chi connectivity index (χ4n) is 3.12. The van der Waals surface area contributed by atoms with Gasteiger partial charge in [-0.05, 0) is 71.8 Å². The lowest BCUT2D eigenvalue weighted by molar-refractivity contribution is 0.208. The third-order valence-electron chi connectivity index (χ3n) is 4.70. The van der Waals surface area contributed by atoms with Crippen LogP contribution in [0.3, 0.4) is 0 Å². The Balaban J connectivity index is 1.90. The maximum absolute atomic E-state index is 4.59. The summed E-state index contributed by atoms with van der Waals surface area (Å²) in [5.74, 6) is 1.83. The average molecular weight is 290 g/mol. The first-order valence-electron chi connectivity index (χ1n) is 8.30. The zero-order valence-corrected chi connectivity index (χ0v) is 14.0. The molecule has 0 aromatic carbocycles. The molecule has 1 aliphatic rings. The van der Waals surface area contributed by atoms with Crippen LogP contribution < -0.4 is 10.2 Å². The lowest BCUT2D eigenvalue weighted by Gasteiger charge is -2.33. The van der Waals surface area contributed by atoms with Crippen LogP contribution in [0.1, 0.15) is 33.6 Å². The molecule has 4 nitrogen and oxygen atoms in total. The SMILES string of the molecule is CCN(CC)c1ccc(NC(C)C2CCN(C)CC2)cn1. The van der Waals surface area contributed by atoms with E-state index in [4.69, 9.17) is 0 Å². The van der Waals surface area contributed by atoms with E-state index in [0.29, 0.717) is 6.04 Å². The van der Waals surface area contributed by atoms with Crippen LogP contribution in [0.15, 0.2) is 18.3 Å². The van der Waals surface area contributed by atoms with E-state index in [-0.39, 0.29) is 0 Å². The van der Waals surface area contributed by atoms with Gasteiger partial charge < -0.3 is 15.1 Å². The molecule has 1 aliphatic heterocycles. The zero-order valence-electron chi connectivity index (χ0n) is 14.0. The normalized spacial score (nSPS) is 18.5. The van der Waals surface area contributed by atoms with Crippen molar-refractivity contribution in [3.8, 4) is 0 Å². The first kappa shape index (κ1) is 16.1. The van der Waals surface area contributed by atoms with Gasteiger partial charge in [-0.3, -0.25) is 0 Å². The van der Waals surface area contributed by atoms with Crippen LogP contribution in [0.25, 0.3) is 0 Å². The molecule has 4 heteroatoms. The molecule has 1 fully saturated rings. The Morgan fingerprint density at radius 3 is 2.48 bits per heavy atom. The largest absolute Gasteiger partial charge is 0.381 e. The highest BCUT2D eigenvalue weighted by atomic mass is 15.2. The minimum absolute atomic E-state index is 0.514. The molecule has 1 unspecified atom stereocenters. The minimum atomic E-state index is 0.514. The van der Waals surface area contributed by atoms with E-state index in [9.17, 15) is 0 Å². The van der Waals surface area contributed by atoms with Crippen LogP contribution in [0, 0.1) is 5.92 Å². The van der Waals surface area contributed by atoms with Crippen molar-refractivity contribution in [2.24, 2.45) is 5.92 Å². The van der Waals surface area contributed by atoms with Gasteiger partial charge in [-0.15, -0.1) is 0 Å². The fraction of sp³-hybridized carbons (Fsp3) is 0.706. The van der Waals surface area contributed by atoms with Gasteiger partial charge >= 0.3 is 0 Å². The van der Waals surface area contributed by atoms with Crippen molar-refractivity contribution in [2.45, 2.75) is 39.7 Å². The van der Waals surface area contributed by atoms with Crippen LogP contribution in [0.4, 0.5) is 11.5 Å². The molecule has 118 valence electrons. The predicted octanol–water partition coefficient (Wildman–Crippen LogP) is 3.07. The summed E-state index contributed by atoms with van der Waals surface area (Å²) in [4.78, 5) is 9.27. The first-order chi connectivity index (χ1) is 10.1. The fourth-order valence-corrected chi connectivity index (χ4v) is 3.12. The molecular weight excluding hydrogens is 260 g/mol. The number of pyridine rings is 1. The molecule has 1 saturated heterocycles. The highest BCUT2D eigenvalue weighted by Crippen LogP contribution is 2.23. The van der Waals surface area contributed by atoms with Crippen molar-refractivity contribution in [1.29, 1.82) is 0 Å². The third kappa shape index (κ3) is 4.34. The standard InChI is InChI=1S/C17H30N4/c1-5-21(6-2)17-8-7-16(13-18-17)19-14(3)15-9-11-20(4)12-10-15/h7-8,13-15,19H,5-6,9-12H2,1-4H3. The summed E-state index contributed by atoms with van der Waals surface area (Å²) in [5, 5.41) is 3.63. The maximum atomic E-state index is 4.59. The molecule has 1 atom stereocenters. The van der Waals surface area contributed by atoms with E-state index in [1.807, 2.05) is 6.20 Å². The number of likely N-dealkylation sites (tertiary alicyclic amines) is 1. The summed E-state index contributed by atoms with van der Waals surface area (Å²) in [7, 11) is 2.21. The lowest BCUT2D eigenvalue weighted by Crippen LogP contribution is -2.37. The van der Waals surface area contributed by atoms with E-state index in [2.05, 4.69) is 60.1 Å². The first-order valence-corrected chi connectivity index (χ1v) is 8.30. The van der Waals surface area contributed by atoms with Crippen LogP contribution in [0.2, 0.25) is 0 Å². The van der Waals surface area contributed by atoms with E-state index in [1.165, 1.54) is 25.9 Å². The van der Waals surface area contributed by atoms with Gasteiger partial charge in [0, 0.05) is 19.1 Å². The predicted molar refractivity (Wildman–Crippen MR) is 91.1 cm³/mol. The molecule has 0 radical (unpaired) electrons. The van der Waals surface area contributed by atoms with Crippen LogP contribution in [0.5, 0.6) is 0 Å². The molecule has 0 spiro atoms. The summed E-state index contributed by atoms with van der Waals surface area (Å²) >= 11 is 0. The highest BCUT2D eigenvalue weighted by molar-refractivity contribution is 5.49. The Kier molecular flexibility index (Phi) is 5.85. The summed E-state index contributed by atoms with van der Waals surface area (Å²) in [6.45, 7) is 11.1. The Morgan fingerprint density at radius 2 is 1.95 bits per heavy atom. The minimum Gasteiger partial charge on any atom is -0.381 e. The molecular formula is C17H30N4. The molecule has 21 heavy (non-hydrogen) atoms. The van der Waals surface area contributed by atoms with Gasteiger partial charge in [0.05, 0.1) is 11.9 Å². The number of nitrogens with one attached hydrogen (secondary N) is 1. The summed E-state index contributed by atoms with van der Waals surface area (Å²) in [5.41, 5.74) is 1.14. The van der Waals surface area contributed by atoms with Gasteiger partial charge in [-0.25, -0.2) is 4.98 Å². The Hall–Kier alpha value is -1.29. The van der Waals surface area contributed by atoms with Gasteiger partial charge in [0.2, 0.25) is 0 Å². The van der Waals surface area contributed by atoms with Gasteiger partial charge in [0.15, 0.2) is 0 Å². The van der Waals surface area contributed by atoms with E-state index in [0.717, 1.165) is 30.5 Å². The molecule has 2 heterocycles. The second-order valence-electron chi connectivity index (χ2n) is 6.15. The van der Waals surface area contributed by atoms with Crippen LogP contribution in [-0.2, 0) is 0 Å². The highest BCUT2D eigenvalue weighted by Gasteiger charge is 2.22. The van der Waals surface area contributed by atoms with Crippen molar-refractivity contribution in [1.82, 2.24) is 9.88 Å². The Labute approximate surface area is 129 Å². The molecule has 1 N–H and O–H groups in total. The lowest BCUT2D eigenvalue weighted by atomic mass is 9.90. The molecule has 2 rings (SSSR count). The van der Waals surface area contributed by atoms with Crippen molar-refractivity contribution in [3.05, 3.63) is 18.3 Å². The molecule has 0 aliphatic carbocycles. The van der Waals surface area contributed by atoms with Crippen LogP contribution in [-0.4, -0.2) is 49.2 Å². The summed E-state index contributed by atoms with van der Waals surface area (Å²) < 4.78 is 0. The summed E-state index contributed by atoms with van der Waals surface area (Å²) in [6.07, 6.45) is 4.55. The zero-order chi connectivity index (χ0) is 15.2. The molecule has 0 saturated carbocycles. The van der Waals surface area contributed by atoms with Crippen molar-refractivity contribution in [2.75, 3.05) is 43.4 Å². The molecule has 1 aromatic heterocycles. The number of nitrogens with zero attached hydrogens (tertiary/aromatic N) is 3. The van der Waals surface area contributed by atoms with E-state index < -0.39 is 0 Å². The van der Waals surface area contributed by atoms with Crippen molar-refractivity contribution in [3.63, 3.8) is 0 Å².